The van der Waals surface area contributed by atoms with Gasteiger partial charge in [0.25, 0.3) is 0 Å². The van der Waals surface area contributed by atoms with Gasteiger partial charge in [-0.05, 0) is 47.9 Å². The zero-order valence-corrected chi connectivity index (χ0v) is 16.6. The van der Waals surface area contributed by atoms with Crippen LogP contribution in [0.4, 0.5) is 13.2 Å². The third-order valence-electron chi connectivity index (χ3n) is 4.56. The molecule has 0 atom stereocenters. The Balaban J connectivity index is 1.97. The van der Waals surface area contributed by atoms with E-state index in [1.54, 1.807) is 12.1 Å². The van der Waals surface area contributed by atoms with Crippen LogP contribution in [-0.4, -0.2) is 33.5 Å². The van der Waals surface area contributed by atoms with Crippen molar-refractivity contribution in [2.45, 2.75) is 24.0 Å². The second-order valence-electron chi connectivity index (χ2n) is 6.20. The summed E-state index contributed by atoms with van der Waals surface area (Å²) < 4.78 is 76.8. The lowest BCUT2D eigenvalue weighted by Gasteiger charge is -2.29. The molecule has 0 radical (unpaired) electrons. The van der Waals surface area contributed by atoms with E-state index in [0.29, 0.717) is 29.5 Å². The van der Waals surface area contributed by atoms with Crippen molar-refractivity contribution < 1.29 is 31.1 Å². The fraction of sp³-hybridized carbons (Fsp3) is 0.333. The van der Waals surface area contributed by atoms with Crippen LogP contribution in [0.3, 0.4) is 0 Å². The van der Waals surface area contributed by atoms with Gasteiger partial charge < -0.3 is 9.47 Å². The van der Waals surface area contributed by atoms with E-state index >= 15 is 0 Å². The summed E-state index contributed by atoms with van der Waals surface area (Å²) in [6.07, 6.45) is -4.35. The number of fused-ring (bicyclic) bond motifs is 1. The number of sulfonamides is 1. The number of methoxy groups -OCH3 is 2. The molecule has 1 aliphatic heterocycles. The molecule has 0 spiro atoms. The van der Waals surface area contributed by atoms with E-state index in [0.717, 1.165) is 22.0 Å². The van der Waals surface area contributed by atoms with E-state index in [1.165, 1.54) is 14.2 Å². The zero-order chi connectivity index (χ0) is 20.7. The first-order valence-electron chi connectivity index (χ1n) is 8.18. The number of alkyl halides is 3. The van der Waals surface area contributed by atoms with Crippen molar-refractivity contribution in [2.75, 3.05) is 20.8 Å². The molecule has 28 heavy (non-hydrogen) atoms. The van der Waals surface area contributed by atoms with Gasteiger partial charge in [0.1, 0.15) is 0 Å². The Bertz CT molecular complexity index is 1010. The highest BCUT2D eigenvalue weighted by atomic mass is 35.5. The average Bonchev–Trinajstić information content (AvgIpc) is 2.65. The van der Waals surface area contributed by atoms with Crippen molar-refractivity contribution in [3.05, 3.63) is 52.0 Å². The van der Waals surface area contributed by atoms with Gasteiger partial charge in [0, 0.05) is 13.1 Å². The summed E-state index contributed by atoms with van der Waals surface area (Å²) in [5, 5.41) is -0.549. The van der Waals surface area contributed by atoms with Gasteiger partial charge >= 0.3 is 6.18 Å². The number of ether oxygens (including phenoxy) is 2. The Kier molecular flexibility index (Phi) is 5.53. The number of rotatable bonds is 4. The Morgan fingerprint density at radius 1 is 1.04 bits per heavy atom. The molecule has 0 fully saturated rings. The molecule has 0 N–H and O–H groups in total. The quantitative estimate of drug-likeness (QED) is 0.724. The number of nitrogens with zero attached hydrogens (tertiary/aromatic N) is 1. The minimum Gasteiger partial charge on any atom is -0.493 e. The van der Waals surface area contributed by atoms with Gasteiger partial charge in [0.15, 0.2) is 11.5 Å². The van der Waals surface area contributed by atoms with Crippen LogP contribution in [0.5, 0.6) is 11.5 Å². The summed E-state index contributed by atoms with van der Waals surface area (Å²) in [4.78, 5) is -0.451. The van der Waals surface area contributed by atoms with E-state index in [9.17, 15) is 21.6 Å². The number of benzene rings is 2. The molecule has 0 unspecified atom stereocenters. The van der Waals surface area contributed by atoms with Crippen LogP contribution < -0.4 is 9.47 Å². The molecule has 152 valence electrons. The molecule has 0 aromatic heterocycles. The fourth-order valence-corrected chi connectivity index (χ4v) is 4.76. The topological polar surface area (TPSA) is 55.8 Å². The highest BCUT2D eigenvalue weighted by Gasteiger charge is 2.36. The van der Waals surface area contributed by atoms with Gasteiger partial charge in [-0.2, -0.15) is 17.5 Å². The predicted octanol–water partition coefficient (Wildman–Crippen LogP) is 4.12. The maximum absolute atomic E-state index is 13.1. The Hall–Kier alpha value is -1.97. The van der Waals surface area contributed by atoms with Crippen LogP contribution in [0.15, 0.2) is 35.2 Å². The van der Waals surface area contributed by atoms with Gasteiger partial charge in [-0.3, -0.25) is 0 Å². The molecule has 3 rings (SSSR count). The lowest BCUT2D eigenvalue weighted by Crippen LogP contribution is -2.36. The van der Waals surface area contributed by atoms with Gasteiger partial charge in [-0.15, -0.1) is 0 Å². The standard InChI is InChI=1S/C18H17ClF3NO4S/c1-26-16-7-11-5-6-23(10-12(11)8-17(16)27-2)28(24,25)13-3-4-15(19)14(9-13)18(20,21)22/h3-4,7-9H,5-6,10H2,1-2H3. The summed E-state index contributed by atoms with van der Waals surface area (Å²) >= 11 is 5.59. The summed E-state index contributed by atoms with van der Waals surface area (Å²) in [6.45, 7) is 0.150. The van der Waals surface area contributed by atoms with E-state index in [2.05, 4.69) is 0 Å². The van der Waals surface area contributed by atoms with Crippen molar-refractivity contribution in [2.24, 2.45) is 0 Å². The van der Waals surface area contributed by atoms with Gasteiger partial charge in [-0.25, -0.2) is 8.42 Å². The first-order chi connectivity index (χ1) is 13.1. The molecule has 2 aromatic carbocycles. The van der Waals surface area contributed by atoms with Crippen LogP contribution in [0.25, 0.3) is 0 Å². The minimum absolute atomic E-state index is 0.0159. The van der Waals surface area contributed by atoms with Crippen molar-refractivity contribution in [1.82, 2.24) is 4.31 Å². The van der Waals surface area contributed by atoms with Crippen molar-refractivity contribution in [3.8, 4) is 11.5 Å². The first kappa shape index (κ1) is 20.8. The SMILES string of the molecule is COc1cc2c(cc1OC)CN(S(=O)(=O)c1ccc(Cl)c(C(F)(F)F)c1)CC2. The molecule has 5 nitrogen and oxygen atoms in total. The second kappa shape index (κ2) is 7.46. The van der Waals surface area contributed by atoms with Crippen LogP contribution in [0.1, 0.15) is 16.7 Å². The van der Waals surface area contributed by atoms with Crippen LogP contribution >= 0.6 is 11.6 Å². The van der Waals surface area contributed by atoms with Gasteiger partial charge in [0.05, 0.1) is 29.7 Å². The maximum atomic E-state index is 13.1. The van der Waals surface area contributed by atoms with Crippen molar-refractivity contribution in [3.63, 3.8) is 0 Å². The average molecular weight is 436 g/mol. The number of hydrogen-bond donors (Lipinski definition) is 0. The molecule has 1 heterocycles. The first-order valence-corrected chi connectivity index (χ1v) is 10.0. The minimum atomic E-state index is -4.75. The number of hydrogen-bond acceptors (Lipinski definition) is 4. The van der Waals surface area contributed by atoms with E-state index in [1.807, 2.05) is 0 Å². The molecule has 0 bridgehead atoms. The van der Waals surface area contributed by atoms with E-state index in [4.69, 9.17) is 21.1 Å². The lowest BCUT2D eigenvalue weighted by atomic mass is 10.0. The molecule has 0 amide bonds. The Morgan fingerprint density at radius 2 is 1.64 bits per heavy atom. The Labute approximate surface area is 165 Å². The highest BCUT2D eigenvalue weighted by Crippen LogP contribution is 2.38. The summed E-state index contributed by atoms with van der Waals surface area (Å²) in [5.74, 6) is 0.983. The van der Waals surface area contributed by atoms with E-state index in [-0.39, 0.29) is 13.1 Å². The van der Waals surface area contributed by atoms with Crippen LogP contribution in [0, 0.1) is 0 Å². The third kappa shape index (κ3) is 3.78. The van der Waals surface area contributed by atoms with Crippen molar-refractivity contribution >= 4 is 21.6 Å². The summed E-state index contributed by atoms with van der Waals surface area (Å²) in [7, 11) is -1.17. The predicted molar refractivity (Wildman–Crippen MR) is 97.3 cm³/mol. The largest absolute Gasteiger partial charge is 0.493 e. The molecule has 2 aromatic rings. The molecule has 0 saturated heterocycles. The molecule has 1 aliphatic rings. The highest BCUT2D eigenvalue weighted by molar-refractivity contribution is 7.89. The monoisotopic (exact) mass is 435 g/mol. The van der Waals surface area contributed by atoms with Gasteiger partial charge in [0.2, 0.25) is 10.0 Å². The fourth-order valence-electron chi connectivity index (χ4n) is 3.09. The molecule has 0 aliphatic carbocycles. The zero-order valence-electron chi connectivity index (χ0n) is 15.0. The summed E-state index contributed by atoms with van der Waals surface area (Å²) in [6, 6.07) is 6.06. The molecular weight excluding hydrogens is 419 g/mol. The molecular formula is C18H17ClF3NO4S. The Morgan fingerprint density at radius 3 is 2.21 bits per heavy atom. The number of halogens is 4. The maximum Gasteiger partial charge on any atom is 0.417 e. The van der Waals surface area contributed by atoms with Gasteiger partial charge in [-0.1, -0.05) is 11.6 Å². The molecule has 0 saturated carbocycles. The molecule has 10 heteroatoms. The van der Waals surface area contributed by atoms with Crippen LogP contribution in [-0.2, 0) is 29.2 Å². The lowest BCUT2D eigenvalue weighted by molar-refractivity contribution is -0.137. The summed E-state index contributed by atoms with van der Waals surface area (Å²) in [5.41, 5.74) is 0.424. The second-order valence-corrected chi connectivity index (χ2v) is 8.55. The van der Waals surface area contributed by atoms with Crippen molar-refractivity contribution in [1.29, 1.82) is 0 Å². The smallest absolute Gasteiger partial charge is 0.417 e. The van der Waals surface area contributed by atoms with E-state index < -0.39 is 31.7 Å². The third-order valence-corrected chi connectivity index (χ3v) is 6.73. The van der Waals surface area contributed by atoms with Crippen LogP contribution in [0.2, 0.25) is 5.02 Å². The normalized spacial score (nSPS) is 15.2.